The van der Waals surface area contributed by atoms with Gasteiger partial charge in [-0.1, -0.05) is 23.4 Å². The fourth-order valence-corrected chi connectivity index (χ4v) is 4.97. The fraction of sp³-hybridized carbons (Fsp3) is 0.238. The van der Waals surface area contributed by atoms with Crippen LogP contribution < -0.4 is 9.62 Å². The summed E-state index contributed by atoms with van der Waals surface area (Å²) in [6, 6.07) is 14.8. The molecule has 150 valence electrons. The monoisotopic (exact) mass is 411 g/mol. The standard InChI is InChI=1S/C21H21N3O4S/c1-2-24(16-7-4-3-5-8-16)29(26,27)17-13-11-15(12-14-17)20(25)22-21-18-9-6-10-19(18)23-28-21/h3-5,7-8,11-14H,2,6,9-10H2,1H3,(H,22,25). The average Bonchev–Trinajstić information content (AvgIpc) is 3.34. The van der Waals surface area contributed by atoms with E-state index >= 15 is 0 Å². The van der Waals surface area contributed by atoms with E-state index in [0.717, 1.165) is 30.5 Å². The van der Waals surface area contributed by atoms with E-state index in [9.17, 15) is 13.2 Å². The molecular weight excluding hydrogens is 390 g/mol. The quantitative estimate of drug-likeness (QED) is 0.669. The minimum atomic E-state index is -3.73. The van der Waals surface area contributed by atoms with Gasteiger partial charge in [-0.25, -0.2) is 8.42 Å². The molecule has 1 amide bonds. The number of amides is 1. The van der Waals surface area contributed by atoms with Gasteiger partial charge in [0.05, 0.1) is 16.3 Å². The molecule has 0 spiro atoms. The number of fused-ring (bicyclic) bond motifs is 1. The number of carbonyl (C=O) groups excluding carboxylic acids is 1. The fourth-order valence-electron chi connectivity index (χ4n) is 3.49. The topological polar surface area (TPSA) is 92.5 Å². The van der Waals surface area contributed by atoms with E-state index in [0.29, 0.717) is 23.7 Å². The number of benzene rings is 2. The van der Waals surface area contributed by atoms with Gasteiger partial charge in [0, 0.05) is 17.7 Å². The lowest BCUT2D eigenvalue weighted by Gasteiger charge is -2.23. The third-order valence-corrected chi connectivity index (χ3v) is 6.89. The second-order valence-corrected chi connectivity index (χ2v) is 8.64. The Morgan fingerprint density at radius 2 is 1.83 bits per heavy atom. The number of hydrogen-bond acceptors (Lipinski definition) is 5. The molecule has 1 aliphatic carbocycles. The molecule has 0 unspecified atom stereocenters. The molecule has 8 heteroatoms. The molecule has 0 radical (unpaired) electrons. The minimum absolute atomic E-state index is 0.125. The molecule has 2 aromatic carbocycles. The molecule has 0 fully saturated rings. The van der Waals surface area contributed by atoms with Gasteiger partial charge < -0.3 is 4.52 Å². The summed E-state index contributed by atoms with van der Waals surface area (Å²) >= 11 is 0. The normalized spacial score (nSPS) is 13.1. The summed E-state index contributed by atoms with van der Waals surface area (Å²) in [6.07, 6.45) is 2.69. The predicted octanol–water partition coefficient (Wildman–Crippen LogP) is 3.63. The highest BCUT2D eigenvalue weighted by Gasteiger charge is 2.25. The third kappa shape index (κ3) is 3.63. The van der Waals surface area contributed by atoms with Gasteiger partial charge in [0.25, 0.3) is 15.9 Å². The number of nitrogens with zero attached hydrogens (tertiary/aromatic N) is 2. The molecule has 1 N–H and O–H groups in total. The minimum Gasteiger partial charge on any atom is -0.338 e. The Balaban J connectivity index is 1.54. The lowest BCUT2D eigenvalue weighted by molar-refractivity contribution is 0.102. The van der Waals surface area contributed by atoms with E-state index in [-0.39, 0.29) is 10.8 Å². The van der Waals surface area contributed by atoms with Crippen LogP contribution in [0.15, 0.2) is 64.0 Å². The Bertz CT molecular complexity index is 1120. The maximum atomic E-state index is 13.0. The van der Waals surface area contributed by atoms with Crippen molar-refractivity contribution in [1.29, 1.82) is 0 Å². The molecule has 0 saturated heterocycles. The van der Waals surface area contributed by atoms with Crippen molar-refractivity contribution in [2.75, 3.05) is 16.2 Å². The first-order chi connectivity index (χ1) is 14.0. The number of rotatable bonds is 6. The Morgan fingerprint density at radius 1 is 1.10 bits per heavy atom. The van der Waals surface area contributed by atoms with Crippen molar-refractivity contribution in [3.63, 3.8) is 0 Å². The Kier molecular flexibility index (Phi) is 5.10. The summed E-state index contributed by atoms with van der Waals surface area (Å²) in [5.74, 6) is 0.00985. The van der Waals surface area contributed by atoms with Gasteiger partial charge in [-0.05, 0) is 62.6 Å². The number of anilines is 2. The van der Waals surface area contributed by atoms with Crippen LogP contribution in [-0.2, 0) is 22.9 Å². The van der Waals surface area contributed by atoms with E-state index in [4.69, 9.17) is 4.52 Å². The summed E-state index contributed by atoms with van der Waals surface area (Å²) in [5, 5.41) is 6.70. The number of para-hydroxylation sites is 1. The Morgan fingerprint density at radius 3 is 2.52 bits per heavy atom. The van der Waals surface area contributed by atoms with Crippen molar-refractivity contribution in [3.8, 4) is 0 Å². The highest BCUT2D eigenvalue weighted by atomic mass is 32.2. The number of aromatic nitrogens is 1. The molecule has 0 aliphatic heterocycles. The van der Waals surface area contributed by atoms with Crippen LogP contribution in [0.2, 0.25) is 0 Å². The lowest BCUT2D eigenvalue weighted by Crippen LogP contribution is -2.30. The second kappa shape index (κ2) is 7.71. The lowest BCUT2D eigenvalue weighted by atomic mass is 10.2. The van der Waals surface area contributed by atoms with Crippen molar-refractivity contribution < 1.29 is 17.7 Å². The Hall–Kier alpha value is -3.13. The summed E-state index contributed by atoms with van der Waals surface area (Å²) in [5.41, 5.74) is 2.77. The first-order valence-corrected chi connectivity index (χ1v) is 10.9. The van der Waals surface area contributed by atoms with Crippen LogP contribution in [0.3, 0.4) is 0 Å². The summed E-state index contributed by atoms with van der Waals surface area (Å²) < 4.78 is 32.6. The zero-order chi connectivity index (χ0) is 20.4. The van der Waals surface area contributed by atoms with Crippen LogP contribution in [-0.4, -0.2) is 26.0 Å². The van der Waals surface area contributed by atoms with Gasteiger partial charge in [0.1, 0.15) is 0 Å². The van der Waals surface area contributed by atoms with Gasteiger partial charge >= 0.3 is 0 Å². The molecule has 3 aromatic rings. The molecule has 29 heavy (non-hydrogen) atoms. The predicted molar refractivity (Wildman–Crippen MR) is 110 cm³/mol. The van der Waals surface area contributed by atoms with Crippen LogP contribution in [0, 0.1) is 0 Å². The number of carbonyl (C=O) groups is 1. The maximum Gasteiger partial charge on any atom is 0.264 e. The van der Waals surface area contributed by atoms with E-state index < -0.39 is 10.0 Å². The molecule has 1 aromatic heterocycles. The molecule has 0 bridgehead atoms. The number of nitrogens with one attached hydrogen (secondary N) is 1. The van der Waals surface area contributed by atoms with E-state index in [2.05, 4.69) is 10.5 Å². The first kappa shape index (κ1) is 19.2. The van der Waals surface area contributed by atoms with Crippen LogP contribution in [0.4, 0.5) is 11.6 Å². The zero-order valence-corrected chi connectivity index (χ0v) is 16.8. The SMILES string of the molecule is CCN(c1ccccc1)S(=O)(=O)c1ccc(C(=O)Nc2onc3c2CCC3)cc1. The summed E-state index contributed by atoms with van der Waals surface area (Å²) in [7, 11) is -3.73. The second-order valence-electron chi connectivity index (χ2n) is 6.77. The highest BCUT2D eigenvalue weighted by molar-refractivity contribution is 7.92. The van der Waals surface area contributed by atoms with Gasteiger partial charge in [0.2, 0.25) is 5.88 Å². The number of sulfonamides is 1. The summed E-state index contributed by atoms with van der Waals surface area (Å²) in [6.45, 7) is 2.08. The van der Waals surface area contributed by atoms with Crippen LogP contribution in [0.5, 0.6) is 0 Å². The molecule has 1 aliphatic rings. The van der Waals surface area contributed by atoms with Crippen LogP contribution in [0.1, 0.15) is 35.0 Å². The average molecular weight is 411 g/mol. The molecular formula is C21H21N3O4S. The summed E-state index contributed by atoms with van der Waals surface area (Å²) in [4.78, 5) is 12.7. The molecule has 4 rings (SSSR count). The van der Waals surface area contributed by atoms with Gasteiger partial charge in [-0.2, -0.15) is 0 Å². The van der Waals surface area contributed by atoms with Crippen molar-refractivity contribution in [2.24, 2.45) is 0 Å². The van der Waals surface area contributed by atoms with Crippen molar-refractivity contribution in [3.05, 3.63) is 71.4 Å². The maximum absolute atomic E-state index is 13.0. The van der Waals surface area contributed by atoms with Gasteiger partial charge in [-0.15, -0.1) is 0 Å². The van der Waals surface area contributed by atoms with Crippen LogP contribution in [0.25, 0.3) is 0 Å². The smallest absolute Gasteiger partial charge is 0.264 e. The molecule has 0 atom stereocenters. The molecule has 0 saturated carbocycles. The van der Waals surface area contributed by atoms with Gasteiger partial charge in [-0.3, -0.25) is 14.4 Å². The van der Waals surface area contributed by atoms with Crippen molar-refractivity contribution in [1.82, 2.24) is 5.16 Å². The molecule has 1 heterocycles. The van der Waals surface area contributed by atoms with Crippen molar-refractivity contribution >= 4 is 27.5 Å². The number of aryl methyl sites for hydroxylation is 1. The van der Waals surface area contributed by atoms with Crippen molar-refractivity contribution in [2.45, 2.75) is 31.1 Å². The Labute approximate surface area is 169 Å². The highest BCUT2D eigenvalue weighted by Crippen LogP contribution is 2.29. The first-order valence-electron chi connectivity index (χ1n) is 9.47. The number of hydrogen-bond donors (Lipinski definition) is 1. The van der Waals surface area contributed by atoms with Gasteiger partial charge in [0.15, 0.2) is 0 Å². The van der Waals surface area contributed by atoms with E-state index in [1.807, 2.05) is 6.07 Å². The van der Waals surface area contributed by atoms with Crippen LogP contribution >= 0.6 is 0 Å². The van der Waals surface area contributed by atoms with E-state index in [1.54, 1.807) is 31.2 Å². The molecule has 7 nitrogen and oxygen atoms in total. The van der Waals surface area contributed by atoms with E-state index in [1.165, 1.54) is 28.6 Å². The largest absolute Gasteiger partial charge is 0.338 e. The third-order valence-electron chi connectivity index (χ3n) is 4.97. The zero-order valence-electron chi connectivity index (χ0n) is 16.0.